The molecule has 1 fully saturated rings. The summed E-state index contributed by atoms with van der Waals surface area (Å²) in [6, 6.07) is 1.11. The molecule has 1 aliphatic heterocycles. The molecular formula is C10H14N2O6. The minimum absolute atomic E-state index is 0.146. The van der Waals surface area contributed by atoms with Crippen molar-refractivity contribution >= 4 is 0 Å². The van der Waals surface area contributed by atoms with Crippen molar-refractivity contribution in [2.24, 2.45) is 0 Å². The number of nitrogens with zero attached hydrogens (tertiary/aromatic N) is 1. The van der Waals surface area contributed by atoms with Crippen molar-refractivity contribution in [1.29, 1.82) is 0 Å². The maximum Gasteiger partial charge on any atom is 0.330 e. The fraction of sp³-hybridized carbons (Fsp3) is 0.600. The smallest absolute Gasteiger partial charge is 0.330 e. The van der Waals surface area contributed by atoms with Gasteiger partial charge in [-0.2, -0.15) is 0 Å². The largest absolute Gasteiger partial charge is 0.396 e. The van der Waals surface area contributed by atoms with E-state index in [1.807, 2.05) is 4.98 Å². The molecule has 8 nitrogen and oxygen atoms in total. The summed E-state index contributed by atoms with van der Waals surface area (Å²) >= 11 is 0. The molecule has 0 radical (unpaired) electrons. The van der Waals surface area contributed by atoms with E-state index in [2.05, 4.69) is 0 Å². The number of H-pyrrole nitrogens is 1. The lowest BCUT2D eigenvalue weighted by Crippen LogP contribution is -2.37. The lowest BCUT2D eigenvalue weighted by atomic mass is 10.1. The topological polar surface area (TPSA) is 125 Å². The molecule has 0 saturated carbocycles. The summed E-state index contributed by atoms with van der Waals surface area (Å²) < 4.78 is 6.31. The molecule has 8 heteroatoms. The van der Waals surface area contributed by atoms with Crippen LogP contribution < -0.4 is 11.2 Å². The Hall–Kier alpha value is -1.48. The second kappa shape index (κ2) is 5.02. The van der Waals surface area contributed by atoms with Gasteiger partial charge in [-0.1, -0.05) is 0 Å². The third-order valence-corrected chi connectivity index (χ3v) is 2.88. The maximum absolute atomic E-state index is 11.5. The second-order valence-electron chi connectivity index (χ2n) is 4.08. The number of nitrogens with one attached hydrogen (secondary N) is 1. The number of aliphatic hydroxyl groups excluding tert-OH is 3. The van der Waals surface area contributed by atoms with Crippen molar-refractivity contribution < 1.29 is 20.1 Å². The van der Waals surface area contributed by atoms with Gasteiger partial charge in [0.05, 0.1) is 6.10 Å². The quantitative estimate of drug-likeness (QED) is 0.476. The first-order valence-electron chi connectivity index (χ1n) is 5.48. The zero-order valence-corrected chi connectivity index (χ0v) is 9.39. The average Bonchev–Trinajstić information content (AvgIpc) is 2.58. The Bertz CT molecular complexity index is 524. The molecule has 1 saturated heterocycles. The van der Waals surface area contributed by atoms with E-state index in [4.69, 9.17) is 9.84 Å². The molecule has 2 heterocycles. The lowest BCUT2D eigenvalue weighted by molar-refractivity contribution is -0.0451. The van der Waals surface area contributed by atoms with E-state index in [0.29, 0.717) is 0 Å². The molecule has 0 aromatic carbocycles. The summed E-state index contributed by atoms with van der Waals surface area (Å²) in [5.74, 6) is 0. The summed E-state index contributed by atoms with van der Waals surface area (Å²) in [7, 11) is 0. The van der Waals surface area contributed by atoms with Crippen LogP contribution in [0, 0.1) is 0 Å². The van der Waals surface area contributed by atoms with Crippen LogP contribution in [0.3, 0.4) is 0 Å². The minimum atomic E-state index is -1.30. The molecule has 100 valence electrons. The predicted octanol–water partition coefficient (Wildman–Crippen LogP) is -2.46. The lowest BCUT2D eigenvalue weighted by Gasteiger charge is -2.16. The molecule has 4 N–H and O–H groups in total. The summed E-state index contributed by atoms with van der Waals surface area (Å²) in [6.07, 6.45) is -3.00. The van der Waals surface area contributed by atoms with Crippen molar-refractivity contribution in [2.75, 3.05) is 6.61 Å². The number of hydrogen-bond donors (Lipinski definition) is 4. The summed E-state index contributed by atoms with van der Waals surface area (Å²) in [5.41, 5.74) is -1.29. The van der Waals surface area contributed by atoms with E-state index in [1.54, 1.807) is 0 Å². The van der Waals surface area contributed by atoms with Gasteiger partial charge in [0.2, 0.25) is 0 Å². The highest BCUT2D eigenvalue weighted by molar-refractivity contribution is 4.92. The minimum Gasteiger partial charge on any atom is -0.396 e. The first kappa shape index (κ1) is 13.0. The van der Waals surface area contributed by atoms with Gasteiger partial charge in [0.15, 0.2) is 6.23 Å². The van der Waals surface area contributed by atoms with E-state index in [0.717, 1.165) is 10.6 Å². The third kappa shape index (κ3) is 2.23. The monoisotopic (exact) mass is 258 g/mol. The number of rotatable bonds is 3. The van der Waals surface area contributed by atoms with Crippen LogP contribution in [-0.4, -0.2) is 49.8 Å². The van der Waals surface area contributed by atoms with Gasteiger partial charge < -0.3 is 20.1 Å². The zero-order chi connectivity index (χ0) is 13.3. The Morgan fingerprint density at radius 2 is 2.06 bits per heavy atom. The molecule has 1 aliphatic rings. The van der Waals surface area contributed by atoms with Crippen LogP contribution in [0.5, 0.6) is 0 Å². The number of aliphatic hydroxyl groups is 3. The van der Waals surface area contributed by atoms with Crippen molar-refractivity contribution in [3.63, 3.8) is 0 Å². The highest BCUT2D eigenvalue weighted by Crippen LogP contribution is 2.29. The standard InChI is InChI=1S/C10H14N2O6/c13-4-2-5-7(15)8(16)9(18-5)12-3-1-6(14)11-10(12)17/h1,3,5,7-9,13,15-16H,2,4H2,(H,11,14,17)/t5-,7?,8+,9-/m1/s1. The fourth-order valence-corrected chi connectivity index (χ4v) is 1.95. The van der Waals surface area contributed by atoms with Crippen molar-refractivity contribution in [1.82, 2.24) is 9.55 Å². The Balaban J connectivity index is 2.29. The van der Waals surface area contributed by atoms with Crippen molar-refractivity contribution in [3.05, 3.63) is 33.1 Å². The van der Waals surface area contributed by atoms with Gasteiger partial charge in [0.1, 0.15) is 12.2 Å². The average molecular weight is 258 g/mol. The SMILES string of the molecule is O=c1ccn([C@@H]2O[C@H](CCO)C(O)[C@@H]2O)c(=O)[nH]1. The van der Waals surface area contributed by atoms with Gasteiger partial charge >= 0.3 is 5.69 Å². The molecule has 0 aliphatic carbocycles. The van der Waals surface area contributed by atoms with Crippen molar-refractivity contribution in [2.45, 2.75) is 31.0 Å². The number of hydrogen-bond acceptors (Lipinski definition) is 6. The molecule has 1 aromatic rings. The fourth-order valence-electron chi connectivity index (χ4n) is 1.95. The van der Waals surface area contributed by atoms with Crippen molar-refractivity contribution in [3.8, 4) is 0 Å². The third-order valence-electron chi connectivity index (χ3n) is 2.88. The highest BCUT2D eigenvalue weighted by atomic mass is 16.6. The van der Waals surface area contributed by atoms with Crippen LogP contribution in [0.4, 0.5) is 0 Å². The zero-order valence-electron chi connectivity index (χ0n) is 9.39. The first-order valence-corrected chi connectivity index (χ1v) is 5.48. The van der Waals surface area contributed by atoms with E-state index in [9.17, 15) is 19.8 Å². The molecule has 0 bridgehead atoms. The van der Waals surface area contributed by atoms with Gasteiger partial charge in [-0.05, 0) is 6.42 Å². The summed E-state index contributed by atoms with van der Waals surface area (Å²) in [5, 5.41) is 28.3. The maximum atomic E-state index is 11.5. The van der Waals surface area contributed by atoms with Gasteiger partial charge in [0.25, 0.3) is 5.56 Å². The van der Waals surface area contributed by atoms with Crippen LogP contribution in [0.2, 0.25) is 0 Å². The van der Waals surface area contributed by atoms with Crippen LogP contribution in [0.1, 0.15) is 12.6 Å². The molecule has 0 spiro atoms. The van der Waals surface area contributed by atoms with E-state index < -0.39 is 35.8 Å². The van der Waals surface area contributed by atoms with Crippen LogP contribution in [0.15, 0.2) is 21.9 Å². The summed E-state index contributed by atoms with van der Waals surface area (Å²) in [4.78, 5) is 24.5. The highest BCUT2D eigenvalue weighted by Gasteiger charge is 2.43. The van der Waals surface area contributed by atoms with Gasteiger partial charge in [-0.25, -0.2) is 4.79 Å². The van der Waals surface area contributed by atoms with E-state index in [1.165, 1.54) is 6.20 Å². The molecule has 2 rings (SSSR count). The Morgan fingerprint density at radius 3 is 2.67 bits per heavy atom. The van der Waals surface area contributed by atoms with Gasteiger partial charge in [-0.15, -0.1) is 0 Å². The number of ether oxygens (including phenoxy) is 1. The molecule has 18 heavy (non-hydrogen) atoms. The number of aromatic nitrogens is 2. The molecule has 4 atom stereocenters. The summed E-state index contributed by atoms with van der Waals surface area (Å²) in [6.45, 7) is -0.207. The van der Waals surface area contributed by atoms with Crippen LogP contribution >= 0.6 is 0 Å². The van der Waals surface area contributed by atoms with E-state index in [-0.39, 0.29) is 13.0 Å². The van der Waals surface area contributed by atoms with E-state index >= 15 is 0 Å². The van der Waals surface area contributed by atoms with Gasteiger partial charge in [-0.3, -0.25) is 14.3 Å². The predicted molar refractivity (Wildman–Crippen MR) is 58.9 cm³/mol. The van der Waals surface area contributed by atoms with Crippen LogP contribution in [0.25, 0.3) is 0 Å². The van der Waals surface area contributed by atoms with Crippen LogP contribution in [-0.2, 0) is 4.74 Å². The Labute approximate surface area is 101 Å². The normalized spacial score (nSPS) is 31.7. The second-order valence-corrected chi connectivity index (χ2v) is 4.08. The first-order chi connectivity index (χ1) is 8.54. The molecule has 1 aromatic heterocycles. The molecule has 0 amide bonds. The number of aromatic amines is 1. The molecule has 1 unspecified atom stereocenters. The Morgan fingerprint density at radius 1 is 1.33 bits per heavy atom. The van der Waals surface area contributed by atoms with Gasteiger partial charge in [0, 0.05) is 18.9 Å². The molecular weight excluding hydrogens is 244 g/mol. The Kier molecular flexibility index (Phi) is 3.62.